The third-order valence-electron chi connectivity index (χ3n) is 3.37. The number of hydrogen-bond donors (Lipinski definition) is 2. The quantitative estimate of drug-likeness (QED) is 0.768. The Morgan fingerprint density at radius 3 is 2.50 bits per heavy atom. The molecule has 1 saturated heterocycles. The Labute approximate surface area is 107 Å². The van der Waals surface area contributed by atoms with Crippen LogP contribution in [-0.2, 0) is 9.53 Å². The minimum atomic E-state index is -0.901. The first kappa shape index (κ1) is 14.8. The summed E-state index contributed by atoms with van der Waals surface area (Å²) >= 11 is 0. The molecule has 0 aromatic heterocycles. The van der Waals surface area contributed by atoms with E-state index in [1.54, 1.807) is 12.0 Å². The molecule has 6 heteroatoms. The smallest absolute Gasteiger partial charge is 0.317 e. The summed E-state index contributed by atoms with van der Waals surface area (Å²) < 4.78 is 5.19. The summed E-state index contributed by atoms with van der Waals surface area (Å²) in [6.07, 6.45) is 1.78. The number of piperidine rings is 1. The number of amides is 2. The van der Waals surface area contributed by atoms with Gasteiger partial charge in [0.15, 0.2) is 0 Å². The lowest BCUT2D eigenvalue weighted by Gasteiger charge is -2.38. The van der Waals surface area contributed by atoms with E-state index < -0.39 is 5.97 Å². The third kappa shape index (κ3) is 4.52. The van der Waals surface area contributed by atoms with E-state index in [0.717, 1.165) is 12.8 Å². The van der Waals surface area contributed by atoms with Gasteiger partial charge in [-0.15, -0.1) is 0 Å². The molecule has 0 bridgehead atoms. The van der Waals surface area contributed by atoms with Gasteiger partial charge in [0.2, 0.25) is 0 Å². The number of urea groups is 1. The van der Waals surface area contributed by atoms with Crippen molar-refractivity contribution in [2.45, 2.75) is 26.2 Å². The molecule has 1 aliphatic rings. The molecule has 0 radical (unpaired) electrons. The predicted molar refractivity (Wildman–Crippen MR) is 66.4 cm³/mol. The Morgan fingerprint density at radius 2 is 2.00 bits per heavy atom. The van der Waals surface area contributed by atoms with Gasteiger partial charge in [0, 0.05) is 26.7 Å². The number of nitrogens with zero attached hydrogens (tertiary/aromatic N) is 1. The van der Waals surface area contributed by atoms with Gasteiger partial charge >= 0.3 is 12.0 Å². The van der Waals surface area contributed by atoms with Gasteiger partial charge in [-0.25, -0.2) is 4.79 Å². The number of rotatable bonds is 5. The van der Waals surface area contributed by atoms with Crippen LogP contribution in [0.25, 0.3) is 0 Å². The van der Waals surface area contributed by atoms with Gasteiger partial charge in [-0.05, 0) is 18.3 Å². The number of ether oxygens (including phenoxy) is 1. The summed E-state index contributed by atoms with van der Waals surface area (Å²) in [5, 5.41) is 11.1. The maximum atomic E-state index is 11.7. The van der Waals surface area contributed by atoms with Crippen LogP contribution in [0.5, 0.6) is 0 Å². The van der Waals surface area contributed by atoms with Crippen molar-refractivity contribution < 1.29 is 19.4 Å². The van der Waals surface area contributed by atoms with Crippen molar-refractivity contribution in [3.63, 3.8) is 0 Å². The molecule has 1 heterocycles. The number of aliphatic carboxylic acids is 1. The molecule has 1 fully saturated rings. The summed E-state index contributed by atoms with van der Waals surface area (Å²) in [7, 11) is 1.69. The maximum absolute atomic E-state index is 11.7. The van der Waals surface area contributed by atoms with Crippen LogP contribution in [0.4, 0.5) is 4.79 Å². The van der Waals surface area contributed by atoms with Crippen LogP contribution in [0.1, 0.15) is 26.2 Å². The zero-order valence-corrected chi connectivity index (χ0v) is 11.1. The largest absolute Gasteiger partial charge is 0.481 e. The highest BCUT2D eigenvalue weighted by Crippen LogP contribution is 2.30. The highest BCUT2D eigenvalue weighted by atomic mass is 16.5. The van der Waals surface area contributed by atoms with Gasteiger partial charge in [0.25, 0.3) is 0 Å². The van der Waals surface area contributed by atoms with E-state index >= 15 is 0 Å². The minimum Gasteiger partial charge on any atom is -0.481 e. The standard InChI is InChI=1S/C12H22N2O4/c1-12(9-18-2)4-7-14(8-5-12)11(17)13-6-3-10(15)16/h3-9H2,1-2H3,(H,13,17)(H,15,16). The van der Waals surface area contributed by atoms with Crippen LogP contribution >= 0.6 is 0 Å². The van der Waals surface area contributed by atoms with Gasteiger partial charge in [0.1, 0.15) is 0 Å². The minimum absolute atomic E-state index is 0.0407. The van der Waals surface area contributed by atoms with E-state index in [1.165, 1.54) is 0 Å². The second-order valence-electron chi connectivity index (χ2n) is 5.11. The first-order valence-corrected chi connectivity index (χ1v) is 6.20. The van der Waals surface area contributed by atoms with Crippen LogP contribution in [0.3, 0.4) is 0 Å². The van der Waals surface area contributed by atoms with Crippen molar-refractivity contribution in [1.82, 2.24) is 10.2 Å². The lowest BCUT2D eigenvalue weighted by atomic mass is 9.81. The molecule has 0 aromatic carbocycles. The molecule has 2 amide bonds. The van der Waals surface area contributed by atoms with Crippen LogP contribution < -0.4 is 5.32 Å². The molecule has 0 saturated carbocycles. The SMILES string of the molecule is COCC1(C)CCN(C(=O)NCCC(=O)O)CC1. The maximum Gasteiger partial charge on any atom is 0.317 e. The van der Waals surface area contributed by atoms with Crippen molar-refractivity contribution in [3.8, 4) is 0 Å². The highest BCUT2D eigenvalue weighted by Gasteiger charge is 2.31. The monoisotopic (exact) mass is 258 g/mol. The number of carboxylic acid groups (broad SMARTS) is 1. The number of methoxy groups -OCH3 is 1. The fourth-order valence-electron chi connectivity index (χ4n) is 2.13. The zero-order valence-electron chi connectivity index (χ0n) is 11.1. The van der Waals surface area contributed by atoms with Crippen LogP contribution in [0.15, 0.2) is 0 Å². The average molecular weight is 258 g/mol. The second kappa shape index (κ2) is 6.58. The van der Waals surface area contributed by atoms with Crippen LogP contribution in [-0.4, -0.2) is 55.4 Å². The lowest BCUT2D eigenvalue weighted by molar-refractivity contribution is -0.136. The molecule has 0 unspecified atom stereocenters. The van der Waals surface area contributed by atoms with Crippen molar-refractivity contribution in [3.05, 3.63) is 0 Å². The Bertz CT molecular complexity index is 298. The van der Waals surface area contributed by atoms with Gasteiger partial charge in [-0.1, -0.05) is 6.92 Å². The number of carboxylic acids is 1. The Hall–Kier alpha value is -1.30. The van der Waals surface area contributed by atoms with Gasteiger partial charge < -0.3 is 20.1 Å². The van der Waals surface area contributed by atoms with Crippen molar-refractivity contribution >= 4 is 12.0 Å². The Kier molecular flexibility index (Phi) is 5.40. The zero-order chi connectivity index (χ0) is 13.6. The summed E-state index contributed by atoms with van der Waals surface area (Å²) in [4.78, 5) is 23.8. The van der Waals surface area contributed by atoms with Crippen LogP contribution in [0, 0.1) is 5.41 Å². The summed E-state index contributed by atoms with van der Waals surface area (Å²) in [5.41, 5.74) is 0.145. The van der Waals surface area contributed by atoms with E-state index in [4.69, 9.17) is 9.84 Å². The van der Waals surface area contributed by atoms with E-state index in [-0.39, 0.29) is 24.4 Å². The average Bonchev–Trinajstić information content (AvgIpc) is 2.29. The summed E-state index contributed by atoms with van der Waals surface area (Å²) in [6, 6.07) is -0.171. The van der Waals surface area contributed by atoms with Gasteiger partial charge in [-0.3, -0.25) is 4.79 Å². The first-order chi connectivity index (χ1) is 8.47. The summed E-state index contributed by atoms with van der Waals surface area (Å²) in [5.74, 6) is -0.901. The fraction of sp³-hybridized carbons (Fsp3) is 0.833. The molecule has 0 aliphatic carbocycles. The van der Waals surface area contributed by atoms with Gasteiger partial charge in [-0.2, -0.15) is 0 Å². The Balaban J connectivity index is 2.29. The van der Waals surface area contributed by atoms with E-state index in [2.05, 4.69) is 12.2 Å². The molecule has 104 valence electrons. The van der Waals surface area contributed by atoms with Crippen molar-refractivity contribution in [2.24, 2.45) is 5.41 Å². The molecule has 1 rings (SSSR count). The van der Waals surface area contributed by atoms with Crippen molar-refractivity contribution in [1.29, 1.82) is 0 Å². The van der Waals surface area contributed by atoms with Crippen molar-refractivity contribution in [2.75, 3.05) is 33.4 Å². The molecule has 1 aliphatic heterocycles. The van der Waals surface area contributed by atoms with E-state index in [1.807, 2.05) is 0 Å². The molecule has 6 nitrogen and oxygen atoms in total. The highest BCUT2D eigenvalue weighted by molar-refractivity contribution is 5.75. The number of nitrogens with one attached hydrogen (secondary N) is 1. The molecule has 18 heavy (non-hydrogen) atoms. The van der Waals surface area contributed by atoms with Gasteiger partial charge in [0.05, 0.1) is 13.0 Å². The second-order valence-corrected chi connectivity index (χ2v) is 5.11. The predicted octanol–water partition coefficient (Wildman–Crippen LogP) is 0.919. The number of likely N-dealkylation sites (tertiary alicyclic amines) is 1. The molecule has 2 N–H and O–H groups in total. The lowest BCUT2D eigenvalue weighted by Crippen LogP contribution is -2.48. The topological polar surface area (TPSA) is 78.9 Å². The number of hydrogen-bond acceptors (Lipinski definition) is 3. The number of carbonyl (C=O) groups is 2. The van der Waals surface area contributed by atoms with Crippen LogP contribution in [0.2, 0.25) is 0 Å². The molecular formula is C12H22N2O4. The van der Waals surface area contributed by atoms with E-state index in [0.29, 0.717) is 19.7 Å². The normalized spacial score (nSPS) is 18.4. The molecule has 0 spiro atoms. The molecule has 0 aromatic rings. The molecule has 0 atom stereocenters. The fourth-order valence-corrected chi connectivity index (χ4v) is 2.13. The molecular weight excluding hydrogens is 236 g/mol. The van der Waals surface area contributed by atoms with E-state index in [9.17, 15) is 9.59 Å². The first-order valence-electron chi connectivity index (χ1n) is 6.20. The third-order valence-corrected chi connectivity index (χ3v) is 3.37. The number of carbonyl (C=O) groups excluding carboxylic acids is 1. The summed E-state index contributed by atoms with van der Waals surface area (Å²) in [6.45, 7) is 4.44. The Morgan fingerprint density at radius 1 is 1.39 bits per heavy atom.